The van der Waals surface area contributed by atoms with Crippen molar-refractivity contribution in [2.75, 3.05) is 38.0 Å². The first-order valence-electron chi connectivity index (χ1n) is 10.7. The number of nitrogens with zero attached hydrogens (tertiary/aromatic N) is 4. The Morgan fingerprint density at radius 1 is 1.09 bits per heavy atom. The molecule has 2 aromatic heterocycles. The number of piperazine rings is 1. The summed E-state index contributed by atoms with van der Waals surface area (Å²) in [5.41, 5.74) is -0.415. The predicted molar refractivity (Wildman–Crippen MR) is 118 cm³/mol. The third-order valence-electron chi connectivity index (χ3n) is 5.31. The number of hydrogen-bond donors (Lipinski definition) is 1. The maximum Gasteiger partial charge on any atom is 0.417 e. The minimum absolute atomic E-state index is 0.0101. The topological polar surface area (TPSA) is 101 Å². The number of carbonyl (C=O) groups excluding carboxylic acids is 2. The molecule has 3 aromatic rings. The van der Waals surface area contributed by atoms with Gasteiger partial charge in [0.05, 0.1) is 12.1 Å². The molecule has 4 rings (SSSR count). The van der Waals surface area contributed by atoms with Crippen molar-refractivity contribution in [2.24, 2.45) is 0 Å². The molecule has 3 heterocycles. The zero-order valence-corrected chi connectivity index (χ0v) is 18.7. The average molecular weight is 489 g/mol. The Bertz CT molecular complexity index is 1170. The molecule has 0 aliphatic carbocycles. The number of anilines is 1. The van der Waals surface area contributed by atoms with Gasteiger partial charge in [0.15, 0.2) is 5.82 Å². The van der Waals surface area contributed by atoms with E-state index in [1.807, 2.05) is 4.90 Å². The Balaban J connectivity index is 1.26. The summed E-state index contributed by atoms with van der Waals surface area (Å²) in [5, 5.41) is 6.40. The van der Waals surface area contributed by atoms with Gasteiger partial charge in [-0.1, -0.05) is 5.16 Å². The van der Waals surface area contributed by atoms with Gasteiger partial charge in [-0.2, -0.15) is 13.2 Å². The van der Waals surface area contributed by atoms with Gasteiger partial charge in [-0.15, -0.1) is 0 Å². The molecule has 1 saturated heterocycles. The lowest BCUT2D eigenvalue weighted by Crippen LogP contribution is -2.50. The van der Waals surface area contributed by atoms with Crippen molar-refractivity contribution in [1.82, 2.24) is 19.9 Å². The molecule has 1 aromatic carbocycles. The van der Waals surface area contributed by atoms with E-state index in [2.05, 4.69) is 15.5 Å². The van der Waals surface area contributed by atoms with E-state index < -0.39 is 11.7 Å². The molecule has 0 radical (unpaired) electrons. The quantitative estimate of drug-likeness (QED) is 0.565. The van der Waals surface area contributed by atoms with Crippen molar-refractivity contribution in [1.29, 1.82) is 0 Å². The maximum absolute atomic E-state index is 12.8. The third-order valence-corrected chi connectivity index (χ3v) is 5.31. The van der Waals surface area contributed by atoms with Crippen LogP contribution in [0.3, 0.4) is 0 Å². The first kappa shape index (κ1) is 24.2. The maximum atomic E-state index is 12.8. The molecule has 1 aliphatic heterocycles. The largest absolute Gasteiger partial charge is 0.439 e. The first-order chi connectivity index (χ1) is 16.7. The lowest BCUT2D eigenvalue weighted by molar-refractivity contribution is -0.137. The van der Waals surface area contributed by atoms with Crippen molar-refractivity contribution in [3.05, 3.63) is 65.5 Å². The van der Waals surface area contributed by atoms with E-state index in [-0.39, 0.29) is 24.2 Å². The van der Waals surface area contributed by atoms with Crippen LogP contribution in [0.4, 0.5) is 19.0 Å². The van der Waals surface area contributed by atoms with Gasteiger partial charge in [0.2, 0.25) is 11.8 Å². The Kier molecular flexibility index (Phi) is 7.01. The van der Waals surface area contributed by atoms with Crippen LogP contribution in [0.25, 0.3) is 0 Å². The van der Waals surface area contributed by atoms with E-state index in [4.69, 9.17) is 9.26 Å². The van der Waals surface area contributed by atoms with Crippen molar-refractivity contribution < 1.29 is 32.0 Å². The minimum Gasteiger partial charge on any atom is -0.439 e. The monoisotopic (exact) mass is 489 g/mol. The van der Waals surface area contributed by atoms with Crippen LogP contribution in [0.15, 0.2) is 53.2 Å². The fourth-order valence-corrected chi connectivity index (χ4v) is 3.50. The van der Waals surface area contributed by atoms with Gasteiger partial charge < -0.3 is 19.5 Å². The highest BCUT2D eigenvalue weighted by Gasteiger charge is 2.30. The van der Waals surface area contributed by atoms with E-state index in [9.17, 15) is 22.8 Å². The second-order valence-corrected chi connectivity index (χ2v) is 7.95. The van der Waals surface area contributed by atoms with Gasteiger partial charge in [0.1, 0.15) is 11.5 Å². The summed E-state index contributed by atoms with van der Waals surface area (Å²) in [4.78, 5) is 32.3. The average Bonchev–Trinajstić information content (AvgIpc) is 3.23. The second kappa shape index (κ2) is 10.1. The Labute approximate surface area is 198 Å². The summed E-state index contributed by atoms with van der Waals surface area (Å²) in [5.74, 6) is 0.941. The molecular formula is C23H22F3N5O4. The van der Waals surface area contributed by atoms with E-state index in [1.54, 1.807) is 42.2 Å². The second-order valence-electron chi connectivity index (χ2n) is 7.95. The van der Waals surface area contributed by atoms with Crippen LogP contribution in [0.1, 0.15) is 21.7 Å². The molecule has 12 heteroatoms. The van der Waals surface area contributed by atoms with Crippen LogP contribution < -0.4 is 10.1 Å². The Morgan fingerprint density at radius 3 is 2.37 bits per heavy atom. The predicted octanol–water partition coefficient (Wildman–Crippen LogP) is 3.59. The number of alkyl halides is 3. The summed E-state index contributed by atoms with van der Waals surface area (Å²) in [6.45, 7) is 3.91. The van der Waals surface area contributed by atoms with Crippen LogP contribution in [0.5, 0.6) is 11.6 Å². The molecule has 184 valence electrons. The number of rotatable bonds is 6. The van der Waals surface area contributed by atoms with E-state index in [0.29, 0.717) is 55.3 Å². The minimum atomic E-state index is -4.47. The standard InChI is InChI=1S/C23H22F3N5O4/c1-15-12-19(29-35-15)28-20(32)14-30-8-10-31(11-9-30)22(33)16-2-5-18(6-3-16)34-21-7-4-17(13-27-21)23(24,25)26/h2-7,12-13H,8-11,14H2,1H3,(H,28,29,32). The fraction of sp³-hybridized carbons (Fsp3) is 0.304. The highest BCUT2D eigenvalue weighted by Crippen LogP contribution is 2.30. The number of amides is 2. The van der Waals surface area contributed by atoms with Crippen LogP contribution in [-0.2, 0) is 11.0 Å². The van der Waals surface area contributed by atoms with Gasteiger partial charge in [-0.25, -0.2) is 4.98 Å². The SMILES string of the molecule is Cc1cc(NC(=O)CN2CCN(C(=O)c3ccc(Oc4ccc(C(F)(F)F)cn4)cc3)CC2)no1. The zero-order valence-electron chi connectivity index (χ0n) is 18.7. The van der Waals surface area contributed by atoms with Gasteiger partial charge in [0, 0.05) is 50.1 Å². The highest BCUT2D eigenvalue weighted by molar-refractivity contribution is 5.94. The van der Waals surface area contributed by atoms with Crippen LogP contribution in [0, 0.1) is 6.92 Å². The zero-order chi connectivity index (χ0) is 25.0. The van der Waals surface area contributed by atoms with Crippen molar-refractivity contribution >= 4 is 17.6 Å². The summed E-state index contributed by atoms with van der Waals surface area (Å²) in [6, 6.07) is 9.93. The van der Waals surface area contributed by atoms with Gasteiger partial charge >= 0.3 is 6.18 Å². The number of aryl methyl sites for hydroxylation is 1. The van der Waals surface area contributed by atoms with Gasteiger partial charge in [-0.05, 0) is 37.3 Å². The molecular weight excluding hydrogens is 467 g/mol. The number of nitrogens with one attached hydrogen (secondary N) is 1. The van der Waals surface area contributed by atoms with Crippen molar-refractivity contribution in [3.8, 4) is 11.6 Å². The van der Waals surface area contributed by atoms with E-state index >= 15 is 0 Å². The number of pyridine rings is 1. The molecule has 2 amide bonds. The molecule has 1 aliphatic rings. The van der Waals surface area contributed by atoms with Gasteiger partial charge in [0.25, 0.3) is 5.91 Å². The summed E-state index contributed by atoms with van der Waals surface area (Å²) >= 11 is 0. The molecule has 0 saturated carbocycles. The lowest BCUT2D eigenvalue weighted by Gasteiger charge is -2.34. The lowest BCUT2D eigenvalue weighted by atomic mass is 10.1. The molecule has 0 bridgehead atoms. The summed E-state index contributed by atoms with van der Waals surface area (Å²) < 4.78 is 48.3. The van der Waals surface area contributed by atoms with Crippen molar-refractivity contribution in [2.45, 2.75) is 13.1 Å². The Morgan fingerprint density at radius 2 is 1.80 bits per heavy atom. The van der Waals surface area contributed by atoms with E-state index in [0.717, 1.165) is 12.1 Å². The molecule has 0 unspecified atom stereocenters. The number of carbonyl (C=O) groups is 2. The molecule has 1 N–H and O–H groups in total. The molecule has 0 spiro atoms. The third kappa shape index (κ3) is 6.35. The number of ether oxygens (including phenoxy) is 1. The molecule has 9 nitrogen and oxygen atoms in total. The fourth-order valence-electron chi connectivity index (χ4n) is 3.50. The van der Waals surface area contributed by atoms with Crippen LogP contribution in [0.2, 0.25) is 0 Å². The number of hydrogen-bond acceptors (Lipinski definition) is 7. The summed E-state index contributed by atoms with van der Waals surface area (Å²) in [6.07, 6.45) is -3.77. The molecule has 35 heavy (non-hydrogen) atoms. The smallest absolute Gasteiger partial charge is 0.417 e. The van der Waals surface area contributed by atoms with Crippen LogP contribution >= 0.6 is 0 Å². The highest BCUT2D eigenvalue weighted by atomic mass is 19.4. The van der Waals surface area contributed by atoms with Gasteiger partial charge in [-0.3, -0.25) is 14.5 Å². The van der Waals surface area contributed by atoms with Crippen LogP contribution in [-0.4, -0.2) is 64.5 Å². The molecule has 0 atom stereocenters. The number of benzene rings is 1. The summed E-state index contributed by atoms with van der Waals surface area (Å²) in [7, 11) is 0. The normalized spacial score (nSPS) is 14.6. The molecule has 1 fully saturated rings. The first-order valence-corrected chi connectivity index (χ1v) is 10.7. The Hall–Kier alpha value is -3.93. The van der Waals surface area contributed by atoms with Crippen molar-refractivity contribution in [3.63, 3.8) is 0 Å². The number of halogens is 3. The van der Waals surface area contributed by atoms with E-state index in [1.165, 1.54) is 0 Å². The number of aromatic nitrogens is 2.